The SMILES string of the molecule is CC.CC.CC.CC.CC.CC.CC.CC.CC1CCC(C(=O)N2CCCCC2)CC1.CC1CCC(C(=O)N2CCCC[C@H]2C)CC1.CC1CCC(C(=O)N2CCN(C(=O)OC(C)(C)C)C[C@H]2C)CC1.CC1CCC(C(=O)N2CCN(C(=O)OC(C)(C)C)[C@@H](C)C2)CC1.CC1CCC(C(=O)N2CCN[C@@H](C)C2)CC1.CCC(C)(C)NC(=O)C1CCC(C)CC1.CNC(=O)C1CCC(C)CC1.CNC(=O)C1CCC(C)CC1. The molecule has 13 fully saturated rings. The van der Waals surface area contributed by atoms with Crippen molar-refractivity contribution in [2.45, 2.75) is 547 Å². The van der Waals surface area contributed by atoms with Crippen LogP contribution in [0.3, 0.4) is 0 Å². The Labute approximate surface area is 902 Å². The van der Waals surface area contributed by atoms with Gasteiger partial charge >= 0.3 is 12.2 Å². The molecule has 8 saturated carbocycles. The third kappa shape index (κ3) is 58.4. The minimum absolute atomic E-state index is 0.00469. The second kappa shape index (κ2) is 81.9. The molecule has 0 spiro atoms. The molecule has 0 aromatic carbocycles. The summed E-state index contributed by atoms with van der Waals surface area (Å²) in [6.07, 6.45) is 44.6. The maximum Gasteiger partial charge on any atom is 0.410 e. The molecule has 146 heavy (non-hydrogen) atoms. The predicted molar refractivity (Wildman–Crippen MR) is 618 cm³/mol. The van der Waals surface area contributed by atoms with E-state index in [0.717, 1.165) is 221 Å². The Kier molecular flexibility index (Phi) is 81.0. The van der Waals surface area contributed by atoms with Crippen LogP contribution in [0.25, 0.3) is 0 Å². The van der Waals surface area contributed by atoms with E-state index in [1.165, 1.54) is 116 Å². The van der Waals surface area contributed by atoms with Gasteiger partial charge in [-0.3, -0.25) is 38.4 Å². The molecule has 13 rings (SSSR count). The largest absolute Gasteiger partial charge is 0.444 e. The van der Waals surface area contributed by atoms with E-state index in [-0.39, 0.29) is 77.1 Å². The Morgan fingerprint density at radius 2 is 0.521 bits per heavy atom. The summed E-state index contributed by atoms with van der Waals surface area (Å²) in [6, 6.07) is 1.01. The Hall–Kier alpha value is -5.74. The molecule has 0 radical (unpaired) electrons. The first-order valence-electron chi connectivity index (χ1n) is 61.3. The highest BCUT2D eigenvalue weighted by molar-refractivity contribution is 5.83. The number of hydrogen-bond acceptors (Lipinski definition) is 13. The van der Waals surface area contributed by atoms with Gasteiger partial charge in [-0.2, -0.15) is 0 Å². The van der Waals surface area contributed by atoms with E-state index in [1.807, 2.05) is 176 Å². The number of rotatable bonds is 10. The number of carbonyl (C=O) groups is 10. The first-order chi connectivity index (χ1) is 69.4. The van der Waals surface area contributed by atoms with Gasteiger partial charge in [-0.25, -0.2) is 9.59 Å². The number of likely N-dealkylation sites (tertiary alicyclic amines) is 2. The summed E-state index contributed by atoms with van der Waals surface area (Å²) in [4.78, 5) is 135. The van der Waals surface area contributed by atoms with E-state index in [9.17, 15) is 47.9 Å². The predicted octanol–water partition coefficient (Wildman–Crippen LogP) is 28.7. The third-order valence-electron chi connectivity index (χ3n) is 31.4. The summed E-state index contributed by atoms with van der Waals surface area (Å²) in [5, 5.41) is 12.0. The fraction of sp³-hybridized carbons (Fsp3) is 0.919. The third-order valence-corrected chi connectivity index (χ3v) is 31.4. The number of nitrogens with zero attached hydrogens (tertiary/aromatic N) is 7. The normalized spacial score (nSPS) is 28.4. The summed E-state index contributed by atoms with van der Waals surface area (Å²) in [6.45, 7) is 85.5. The van der Waals surface area contributed by atoms with Crippen molar-refractivity contribution < 1.29 is 57.4 Å². The summed E-state index contributed by atoms with van der Waals surface area (Å²) in [5.41, 5.74) is -1.01. The van der Waals surface area contributed by atoms with E-state index < -0.39 is 11.2 Å². The van der Waals surface area contributed by atoms with Gasteiger partial charge in [-0.05, 0) is 381 Å². The number of amides is 10. The highest BCUT2D eigenvalue weighted by Crippen LogP contribution is 2.38. The van der Waals surface area contributed by atoms with Crippen molar-refractivity contribution in [1.29, 1.82) is 0 Å². The van der Waals surface area contributed by atoms with Gasteiger partial charge in [-0.1, -0.05) is 173 Å². The van der Waals surface area contributed by atoms with Crippen molar-refractivity contribution in [2.24, 2.45) is 94.7 Å². The number of ether oxygens (including phenoxy) is 2. The minimum atomic E-state index is -0.484. The Morgan fingerprint density at radius 1 is 0.260 bits per heavy atom. The van der Waals surface area contributed by atoms with E-state index in [1.54, 1.807) is 23.9 Å². The molecular formula is C123H243N11O12. The van der Waals surface area contributed by atoms with Gasteiger partial charge in [0.1, 0.15) is 11.2 Å². The summed E-state index contributed by atoms with van der Waals surface area (Å²) < 4.78 is 10.9. The van der Waals surface area contributed by atoms with Gasteiger partial charge < -0.3 is 65.0 Å². The number of nitrogens with one attached hydrogen (secondary N) is 4. The van der Waals surface area contributed by atoms with E-state index in [0.29, 0.717) is 98.7 Å². The van der Waals surface area contributed by atoms with Crippen LogP contribution in [0.5, 0.6) is 0 Å². The fourth-order valence-electron chi connectivity index (χ4n) is 21.5. The lowest BCUT2D eigenvalue weighted by molar-refractivity contribution is -0.141. The molecule has 5 saturated heterocycles. The van der Waals surface area contributed by atoms with Crippen LogP contribution >= 0.6 is 0 Å². The molecule has 0 aromatic rings. The molecule has 862 valence electrons. The van der Waals surface area contributed by atoms with Crippen LogP contribution in [0.15, 0.2) is 0 Å². The van der Waals surface area contributed by atoms with Crippen LogP contribution in [-0.4, -0.2) is 227 Å². The number of piperidine rings is 2. The van der Waals surface area contributed by atoms with Crippen molar-refractivity contribution in [3.63, 3.8) is 0 Å². The Bertz CT molecular complexity index is 3300. The maximum absolute atomic E-state index is 12.8. The van der Waals surface area contributed by atoms with Crippen LogP contribution in [0.2, 0.25) is 0 Å². The summed E-state index contributed by atoms with van der Waals surface area (Å²) in [7, 11) is 3.45. The van der Waals surface area contributed by atoms with Crippen LogP contribution in [0.1, 0.15) is 507 Å². The first kappa shape index (κ1) is 144. The number of hydrogen-bond donors (Lipinski definition) is 4. The number of piperazine rings is 3. The highest BCUT2D eigenvalue weighted by atomic mass is 16.6. The summed E-state index contributed by atoms with van der Waals surface area (Å²) >= 11 is 0. The standard InChI is InChI=1S/2C18H32N2O3.C14H25NO.C13H24N2O.C13H23NO.C13H25NO.2C9H17NO.8C2H6/c1-13-6-8-15(9-7-13)16(21)20-11-10-19(12-14(20)2)17(22)23-18(3,4)5;1-13-6-8-15(9-7-13)16(21)19-10-11-20(14(2)12-19)17(22)23-18(3,4)5;1-11-6-8-13(9-7-11)14(16)15-10-4-3-5-12(15)2;1-10-3-5-12(6-4-10)13(16)15-8-7-14-11(2)9-15;1-11-5-7-12(8-6-11)13(15)14-9-3-2-4-10-14;1-5-13(3,4)14-12(15)11-8-6-10(2)7-9-11;2*1-7-3-5-8(6-4-7)9(11)10-2;8*1-2/h2*13-15H,6-12H2,1-5H3;11-13H,3-10H2,1-2H3;10-12,14H,3-9H2,1-2H3;11-12H,2-10H2,1H3;10-11H,5-9H2,1-4H3,(H,14,15);2*7-8H,3-6H2,1-2H3,(H,10,11);8*1-2H3/t2*13?,14-,15?;11?,12-,13?;10?,11-,12?;;;;;;;;;;;;/m1010............/s1. The van der Waals surface area contributed by atoms with Gasteiger partial charge in [0, 0.05) is 170 Å². The monoisotopic (exact) mass is 2070 g/mol. The molecule has 10 amide bonds. The zero-order valence-electron chi connectivity index (χ0n) is 103. The molecular weight excluding hydrogens is 1820 g/mol. The maximum atomic E-state index is 12.8. The fourth-order valence-corrected chi connectivity index (χ4v) is 21.5. The van der Waals surface area contributed by atoms with Gasteiger partial charge in [0.05, 0.1) is 0 Å². The van der Waals surface area contributed by atoms with Crippen molar-refractivity contribution in [1.82, 2.24) is 55.6 Å². The quantitative estimate of drug-likeness (QED) is 0.159. The molecule has 4 atom stereocenters. The molecule has 4 N–H and O–H groups in total. The van der Waals surface area contributed by atoms with Gasteiger partial charge in [0.2, 0.25) is 47.3 Å². The molecule has 0 bridgehead atoms. The van der Waals surface area contributed by atoms with Gasteiger partial charge in [0.25, 0.3) is 0 Å². The Balaban J connectivity index is -0.00000158. The van der Waals surface area contributed by atoms with Crippen molar-refractivity contribution in [2.75, 3.05) is 92.6 Å². The molecule has 5 heterocycles. The lowest BCUT2D eigenvalue weighted by atomic mass is 9.82. The lowest BCUT2D eigenvalue weighted by Crippen LogP contribution is -2.57. The van der Waals surface area contributed by atoms with Crippen molar-refractivity contribution in [3.8, 4) is 0 Å². The molecule has 0 aromatic heterocycles. The zero-order chi connectivity index (χ0) is 112. The van der Waals surface area contributed by atoms with Crippen LogP contribution in [-0.2, 0) is 47.8 Å². The second-order valence-corrected chi connectivity index (χ2v) is 46.1. The topological polar surface area (TPSA) is 260 Å². The van der Waals surface area contributed by atoms with E-state index in [2.05, 4.69) is 126 Å². The van der Waals surface area contributed by atoms with Crippen LogP contribution < -0.4 is 21.3 Å². The summed E-state index contributed by atoms with van der Waals surface area (Å²) in [5.74, 6) is 11.4. The smallest absolute Gasteiger partial charge is 0.410 e. The van der Waals surface area contributed by atoms with Crippen molar-refractivity contribution in [3.05, 3.63) is 0 Å². The lowest BCUT2D eigenvalue weighted by Gasteiger charge is -2.42. The molecule has 5 aliphatic heterocycles. The van der Waals surface area contributed by atoms with E-state index in [4.69, 9.17) is 9.47 Å². The zero-order valence-corrected chi connectivity index (χ0v) is 103. The van der Waals surface area contributed by atoms with Gasteiger partial charge in [-0.15, -0.1) is 0 Å². The highest BCUT2D eigenvalue weighted by Gasteiger charge is 2.41. The van der Waals surface area contributed by atoms with Crippen LogP contribution in [0.4, 0.5) is 9.59 Å². The first-order valence-corrected chi connectivity index (χ1v) is 61.3. The molecule has 23 nitrogen and oxygen atoms in total. The van der Waals surface area contributed by atoms with Crippen molar-refractivity contribution >= 4 is 59.4 Å². The van der Waals surface area contributed by atoms with Crippen LogP contribution in [0, 0.1) is 94.7 Å². The second-order valence-electron chi connectivity index (χ2n) is 46.1. The molecule has 23 heteroatoms. The molecule has 8 aliphatic carbocycles. The molecule has 0 unspecified atom stereocenters. The number of carbonyl (C=O) groups excluding carboxylic acids is 10. The average Bonchev–Trinajstić information content (AvgIpc) is 0.818. The average molecular weight is 2070 g/mol. The molecule has 13 aliphatic rings. The van der Waals surface area contributed by atoms with Gasteiger partial charge in [0.15, 0.2) is 0 Å². The minimum Gasteiger partial charge on any atom is -0.444 e. The Morgan fingerprint density at radius 3 is 0.815 bits per heavy atom. The van der Waals surface area contributed by atoms with E-state index >= 15 is 0 Å².